The minimum Gasteiger partial charge on any atom is -0.481 e. The second kappa shape index (κ2) is 5.65. The van der Waals surface area contributed by atoms with Crippen molar-refractivity contribution in [1.29, 1.82) is 0 Å². The molecule has 1 aromatic rings. The van der Waals surface area contributed by atoms with Gasteiger partial charge in [0.15, 0.2) is 0 Å². The minimum absolute atomic E-state index is 0.130. The van der Waals surface area contributed by atoms with Gasteiger partial charge in [0.1, 0.15) is 0 Å². The van der Waals surface area contributed by atoms with Gasteiger partial charge in [-0.25, -0.2) is 0 Å². The van der Waals surface area contributed by atoms with Crippen LogP contribution in [0, 0.1) is 12.8 Å². The van der Waals surface area contributed by atoms with E-state index in [1.807, 2.05) is 19.1 Å². The molecular formula is C11H15NO3S. The molecule has 0 saturated carbocycles. The molecule has 88 valence electrons. The predicted molar refractivity (Wildman–Crippen MR) is 62.6 cm³/mol. The highest BCUT2D eigenvalue weighted by molar-refractivity contribution is 7.12. The Morgan fingerprint density at radius 2 is 2.19 bits per heavy atom. The van der Waals surface area contributed by atoms with E-state index in [-0.39, 0.29) is 12.5 Å². The number of carbonyl (C=O) groups excluding carboxylic acids is 1. The van der Waals surface area contributed by atoms with Gasteiger partial charge in [0.2, 0.25) is 5.91 Å². The second-order valence-electron chi connectivity index (χ2n) is 3.73. The van der Waals surface area contributed by atoms with Gasteiger partial charge in [-0.2, -0.15) is 0 Å². The highest BCUT2D eigenvalue weighted by Crippen LogP contribution is 2.15. The Hall–Kier alpha value is -1.36. The van der Waals surface area contributed by atoms with Gasteiger partial charge in [-0.05, 0) is 19.1 Å². The van der Waals surface area contributed by atoms with E-state index in [0.29, 0.717) is 6.42 Å². The van der Waals surface area contributed by atoms with Crippen molar-refractivity contribution in [3.05, 3.63) is 21.9 Å². The highest BCUT2D eigenvalue weighted by atomic mass is 32.1. The van der Waals surface area contributed by atoms with Crippen LogP contribution in [0.5, 0.6) is 0 Å². The second-order valence-corrected chi connectivity index (χ2v) is 5.10. The molecular weight excluding hydrogens is 226 g/mol. The van der Waals surface area contributed by atoms with Crippen LogP contribution >= 0.6 is 11.3 Å². The van der Waals surface area contributed by atoms with Crippen LogP contribution in [-0.2, 0) is 16.0 Å². The van der Waals surface area contributed by atoms with E-state index >= 15 is 0 Å². The Balaban J connectivity index is 2.34. The summed E-state index contributed by atoms with van der Waals surface area (Å²) >= 11 is 1.58. The first-order valence-corrected chi connectivity index (χ1v) is 5.85. The average Bonchev–Trinajstić information content (AvgIpc) is 2.60. The summed E-state index contributed by atoms with van der Waals surface area (Å²) in [6.07, 6.45) is 0.324. The number of rotatable bonds is 5. The molecule has 0 radical (unpaired) electrons. The number of thiophene rings is 1. The molecule has 0 aliphatic heterocycles. The predicted octanol–water partition coefficient (Wildman–Crippen LogP) is 1.44. The zero-order chi connectivity index (χ0) is 12.1. The molecule has 0 spiro atoms. The number of carboxylic acids is 1. The summed E-state index contributed by atoms with van der Waals surface area (Å²) in [6.45, 7) is 3.73. The van der Waals surface area contributed by atoms with Crippen molar-refractivity contribution in [3.63, 3.8) is 0 Å². The van der Waals surface area contributed by atoms with Crippen LogP contribution in [0.4, 0.5) is 0 Å². The molecule has 0 aliphatic carbocycles. The van der Waals surface area contributed by atoms with E-state index in [2.05, 4.69) is 5.32 Å². The highest BCUT2D eigenvalue weighted by Gasteiger charge is 2.12. The van der Waals surface area contributed by atoms with Gasteiger partial charge < -0.3 is 10.4 Å². The van der Waals surface area contributed by atoms with Gasteiger partial charge in [-0.1, -0.05) is 6.92 Å². The molecule has 0 aromatic carbocycles. The van der Waals surface area contributed by atoms with Crippen molar-refractivity contribution in [3.8, 4) is 0 Å². The fourth-order valence-electron chi connectivity index (χ4n) is 1.16. The molecule has 0 unspecified atom stereocenters. The summed E-state index contributed by atoms with van der Waals surface area (Å²) in [5.41, 5.74) is 0. The normalized spacial score (nSPS) is 12.1. The van der Waals surface area contributed by atoms with Crippen LogP contribution in [0.25, 0.3) is 0 Å². The van der Waals surface area contributed by atoms with Gasteiger partial charge >= 0.3 is 5.97 Å². The molecule has 5 heteroatoms. The topological polar surface area (TPSA) is 66.4 Å². The van der Waals surface area contributed by atoms with Crippen molar-refractivity contribution in [1.82, 2.24) is 5.32 Å². The van der Waals surface area contributed by atoms with Crippen LogP contribution in [0.15, 0.2) is 12.1 Å². The quantitative estimate of drug-likeness (QED) is 0.819. The maximum atomic E-state index is 11.5. The first-order valence-electron chi connectivity index (χ1n) is 5.04. The smallest absolute Gasteiger partial charge is 0.308 e. The number of aliphatic carboxylic acids is 1. The van der Waals surface area contributed by atoms with E-state index in [0.717, 1.165) is 4.88 Å². The molecule has 1 atom stereocenters. The number of amides is 1. The van der Waals surface area contributed by atoms with Gasteiger partial charge in [0.25, 0.3) is 0 Å². The standard InChI is InChI=1S/C11H15NO3S/c1-7(11(14)15)6-12-10(13)5-9-4-3-8(2)16-9/h3-4,7H,5-6H2,1-2H3,(H,12,13)(H,14,15)/t7-/m1/s1. The van der Waals surface area contributed by atoms with Crippen LogP contribution in [0.3, 0.4) is 0 Å². The number of aryl methyl sites for hydroxylation is 1. The van der Waals surface area contributed by atoms with Crippen molar-refractivity contribution in [2.75, 3.05) is 6.54 Å². The summed E-state index contributed by atoms with van der Waals surface area (Å²) in [7, 11) is 0. The summed E-state index contributed by atoms with van der Waals surface area (Å²) in [4.78, 5) is 24.1. The van der Waals surface area contributed by atoms with E-state index in [1.54, 1.807) is 18.3 Å². The maximum Gasteiger partial charge on any atom is 0.308 e. The molecule has 0 saturated heterocycles. The monoisotopic (exact) mass is 241 g/mol. The Bertz CT molecular complexity index is 386. The lowest BCUT2D eigenvalue weighted by Gasteiger charge is -2.07. The molecule has 4 nitrogen and oxygen atoms in total. The number of hydrogen-bond donors (Lipinski definition) is 2. The average molecular weight is 241 g/mol. The van der Waals surface area contributed by atoms with Crippen LogP contribution in [0.1, 0.15) is 16.7 Å². The molecule has 1 heterocycles. The van der Waals surface area contributed by atoms with Crippen LogP contribution < -0.4 is 5.32 Å². The van der Waals surface area contributed by atoms with Gasteiger partial charge in [-0.15, -0.1) is 11.3 Å². The summed E-state index contributed by atoms with van der Waals surface area (Å²) < 4.78 is 0. The lowest BCUT2D eigenvalue weighted by Crippen LogP contribution is -2.32. The fourth-order valence-corrected chi connectivity index (χ4v) is 2.04. The van der Waals surface area contributed by atoms with Gasteiger partial charge in [0.05, 0.1) is 12.3 Å². The SMILES string of the molecule is Cc1ccc(CC(=O)NC[C@@H](C)C(=O)O)s1. The molecule has 1 aromatic heterocycles. The molecule has 16 heavy (non-hydrogen) atoms. The molecule has 0 aliphatic rings. The molecule has 0 bridgehead atoms. The Morgan fingerprint density at radius 3 is 2.69 bits per heavy atom. The van der Waals surface area contributed by atoms with Crippen molar-refractivity contribution in [2.45, 2.75) is 20.3 Å². The first kappa shape index (κ1) is 12.7. The van der Waals surface area contributed by atoms with Crippen molar-refractivity contribution < 1.29 is 14.7 Å². The molecule has 1 amide bonds. The summed E-state index contributed by atoms with van der Waals surface area (Å²) in [5, 5.41) is 11.2. The van der Waals surface area contributed by atoms with E-state index in [9.17, 15) is 9.59 Å². The zero-order valence-electron chi connectivity index (χ0n) is 9.32. The maximum absolute atomic E-state index is 11.5. The number of carboxylic acid groups (broad SMARTS) is 1. The summed E-state index contributed by atoms with van der Waals surface area (Å²) in [5.74, 6) is -1.57. The van der Waals surface area contributed by atoms with Gasteiger partial charge in [-0.3, -0.25) is 9.59 Å². The molecule has 0 fully saturated rings. The Kier molecular flexibility index (Phi) is 4.49. The molecule has 1 rings (SSSR count). The molecule has 2 N–H and O–H groups in total. The van der Waals surface area contributed by atoms with Crippen molar-refractivity contribution in [2.24, 2.45) is 5.92 Å². The van der Waals surface area contributed by atoms with Crippen molar-refractivity contribution >= 4 is 23.2 Å². The van der Waals surface area contributed by atoms with E-state index < -0.39 is 11.9 Å². The van der Waals surface area contributed by atoms with Crippen LogP contribution in [-0.4, -0.2) is 23.5 Å². The van der Waals surface area contributed by atoms with Gasteiger partial charge in [0, 0.05) is 16.3 Å². The lowest BCUT2D eigenvalue weighted by molar-refractivity contribution is -0.141. The van der Waals surface area contributed by atoms with E-state index in [4.69, 9.17) is 5.11 Å². The number of nitrogens with one attached hydrogen (secondary N) is 1. The number of hydrogen-bond acceptors (Lipinski definition) is 3. The summed E-state index contributed by atoms with van der Waals surface area (Å²) in [6, 6.07) is 3.88. The third-order valence-electron chi connectivity index (χ3n) is 2.16. The first-order chi connectivity index (χ1) is 7.49. The van der Waals surface area contributed by atoms with E-state index in [1.165, 1.54) is 4.88 Å². The lowest BCUT2D eigenvalue weighted by atomic mass is 10.2. The Morgan fingerprint density at radius 1 is 1.50 bits per heavy atom. The fraction of sp³-hybridized carbons (Fsp3) is 0.455. The Labute approximate surface area is 98.3 Å². The number of carbonyl (C=O) groups is 2. The third-order valence-corrected chi connectivity index (χ3v) is 3.16. The zero-order valence-corrected chi connectivity index (χ0v) is 10.1. The van der Waals surface area contributed by atoms with Crippen LogP contribution in [0.2, 0.25) is 0 Å². The third kappa shape index (κ3) is 4.02. The largest absolute Gasteiger partial charge is 0.481 e. The minimum atomic E-state index is -0.896.